The molecule has 0 fully saturated rings. The van der Waals surface area contributed by atoms with Crippen molar-refractivity contribution >= 4 is 21.9 Å². The fourth-order valence-electron chi connectivity index (χ4n) is 0.586. The minimum Gasteiger partial charge on any atom is -0.550 e. The van der Waals surface area contributed by atoms with Crippen LogP contribution in [0, 0.1) is 0 Å². The number of nitrogens with zero attached hydrogens (tertiary/aromatic N) is 2. The third-order valence-electron chi connectivity index (χ3n) is 1.01. The Morgan fingerprint density at radius 1 is 1.50 bits per heavy atom. The smallest absolute Gasteiger partial charge is 0.550 e. The molecule has 12 heavy (non-hydrogen) atoms. The van der Waals surface area contributed by atoms with E-state index in [1.807, 2.05) is 0 Å². The first-order valence-electron chi connectivity index (χ1n) is 2.86. The number of carboxylic acids is 1. The van der Waals surface area contributed by atoms with Gasteiger partial charge in [-0.05, 0) is 28.1 Å². The summed E-state index contributed by atoms with van der Waals surface area (Å²) in [5, 5.41) is 17.3. The van der Waals surface area contributed by atoms with Crippen LogP contribution in [0.5, 0.6) is 0 Å². The van der Waals surface area contributed by atoms with Crippen molar-refractivity contribution in [1.29, 1.82) is 0 Å². The van der Waals surface area contributed by atoms with Crippen LogP contribution in [0.15, 0.2) is 16.7 Å². The molecule has 6 heteroatoms. The van der Waals surface area contributed by atoms with Gasteiger partial charge in [0.1, 0.15) is 4.60 Å². The standard InChI is InChI=1S/C6H5BrN2O2.Li/c7-5-2-1-4(8-9-5)3-6(10)11;/h1-2H,3H2,(H,10,11);/q;+1/p-1. The van der Waals surface area contributed by atoms with Gasteiger partial charge >= 0.3 is 18.9 Å². The number of aliphatic carboxylic acids is 1. The van der Waals surface area contributed by atoms with Crippen molar-refractivity contribution < 1.29 is 28.8 Å². The van der Waals surface area contributed by atoms with E-state index in [1.165, 1.54) is 0 Å². The number of carbonyl (C=O) groups is 1. The number of aromatic nitrogens is 2. The van der Waals surface area contributed by atoms with Crippen LogP contribution in [0.2, 0.25) is 0 Å². The third kappa shape index (κ3) is 3.86. The van der Waals surface area contributed by atoms with Crippen molar-refractivity contribution in [3.05, 3.63) is 22.4 Å². The summed E-state index contributed by atoms with van der Waals surface area (Å²) in [4.78, 5) is 10.1. The second kappa shape index (κ2) is 5.30. The van der Waals surface area contributed by atoms with E-state index in [9.17, 15) is 9.90 Å². The molecule has 0 bridgehead atoms. The molecule has 0 spiro atoms. The van der Waals surface area contributed by atoms with E-state index < -0.39 is 5.97 Å². The zero-order valence-corrected chi connectivity index (χ0v) is 8.04. The van der Waals surface area contributed by atoms with Crippen LogP contribution in [-0.2, 0) is 11.2 Å². The van der Waals surface area contributed by atoms with Crippen LogP contribution in [0.1, 0.15) is 5.69 Å². The molecule has 0 N–H and O–H groups in total. The first-order chi connectivity index (χ1) is 5.18. The Balaban J connectivity index is 0.00000121. The summed E-state index contributed by atoms with van der Waals surface area (Å²) in [6.45, 7) is 0. The van der Waals surface area contributed by atoms with E-state index in [-0.39, 0.29) is 25.3 Å². The first kappa shape index (κ1) is 11.6. The van der Waals surface area contributed by atoms with Crippen LogP contribution >= 0.6 is 15.9 Å². The second-order valence-electron chi connectivity index (χ2n) is 1.90. The van der Waals surface area contributed by atoms with Gasteiger partial charge in [-0.3, -0.25) is 0 Å². The van der Waals surface area contributed by atoms with Crippen LogP contribution in [0.4, 0.5) is 0 Å². The minimum atomic E-state index is -1.15. The van der Waals surface area contributed by atoms with E-state index in [0.717, 1.165) is 0 Å². The molecular formula is C6H4BrLiN2O2. The van der Waals surface area contributed by atoms with Crippen molar-refractivity contribution in [2.45, 2.75) is 6.42 Å². The third-order valence-corrected chi connectivity index (χ3v) is 1.44. The predicted octanol–water partition coefficient (Wildman–Crippen LogP) is -3.46. The zero-order chi connectivity index (χ0) is 8.27. The number of hydrogen-bond donors (Lipinski definition) is 0. The van der Waals surface area contributed by atoms with E-state index in [0.29, 0.717) is 10.3 Å². The minimum absolute atomic E-state index is 0. The van der Waals surface area contributed by atoms with Crippen molar-refractivity contribution in [3.8, 4) is 0 Å². The molecule has 0 aromatic carbocycles. The van der Waals surface area contributed by atoms with Gasteiger partial charge in [0.05, 0.1) is 5.69 Å². The molecule has 1 aromatic rings. The number of halogens is 1. The average Bonchev–Trinajstić information content (AvgIpc) is 1.93. The quantitative estimate of drug-likeness (QED) is 0.488. The molecule has 0 aliphatic rings. The van der Waals surface area contributed by atoms with Crippen molar-refractivity contribution in [1.82, 2.24) is 10.2 Å². The van der Waals surface area contributed by atoms with Crippen LogP contribution in [0.3, 0.4) is 0 Å². The Morgan fingerprint density at radius 2 is 2.17 bits per heavy atom. The fourth-order valence-corrected chi connectivity index (χ4v) is 0.797. The second-order valence-corrected chi connectivity index (χ2v) is 2.71. The topological polar surface area (TPSA) is 65.9 Å². The molecule has 0 atom stereocenters. The molecule has 0 saturated carbocycles. The van der Waals surface area contributed by atoms with Gasteiger partial charge in [-0.25, -0.2) is 0 Å². The van der Waals surface area contributed by atoms with Gasteiger partial charge < -0.3 is 9.90 Å². The molecule has 0 aliphatic heterocycles. The summed E-state index contributed by atoms with van der Waals surface area (Å²) in [6.07, 6.45) is -0.194. The van der Waals surface area contributed by atoms with E-state index in [4.69, 9.17) is 0 Å². The van der Waals surface area contributed by atoms with Gasteiger partial charge in [0.25, 0.3) is 0 Å². The number of carboxylic acid groups (broad SMARTS) is 1. The summed E-state index contributed by atoms with van der Waals surface area (Å²) in [5.74, 6) is -1.15. The predicted molar refractivity (Wildman–Crippen MR) is 38.4 cm³/mol. The molecule has 0 amide bonds. The molecule has 0 saturated heterocycles. The Kier molecular flexibility index (Phi) is 5.14. The number of carbonyl (C=O) groups excluding carboxylic acids is 1. The molecule has 4 nitrogen and oxygen atoms in total. The molecule has 1 aromatic heterocycles. The molecule has 0 unspecified atom stereocenters. The maximum Gasteiger partial charge on any atom is 1.00 e. The monoisotopic (exact) mass is 222 g/mol. The van der Waals surface area contributed by atoms with Gasteiger partial charge in [0.2, 0.25) is 0 Å². The molecule has 0 aliphatic carbocycles. The van der Waals surface area contributed by atoms with E-state index in [1.54, 1.807) is 12.1 Å². The van der Waals surface area contributed by atoms with E-state index >= 15 is 0 Å². The fraction of sp³-hybridized carbons (Fsp3) is 0.167. The summed E-state index contributed by atoms with van der Waals surface area (Å²) in [7, 11) is 0. The normalized spacial score (nSPS) is 8.75. The van der Waals surface area contributed by atoms with Crippen molar-refractivity contribution in [2.24, 2.45) is 0 Å². The Hall–Kier alpha value is -0.373. The zero-order valence-electron chi connectivity index (χ0n) is 6.45. The van der Waals surface area contributed by atoms with Gasteiger partial charge in [0.15, 0.2) is 0 Å². The van der Waals surface area contributed by atoms with E-state index in [2.05, 4.69) is 26.1 Å². The average molecular weight is 223 g/mol. The number of hydrogen-bond acceptors (Lipinski definition) is 4. The Bertz CT molecular complexity index is 265. The Morgan fingerprint density at radius 3 is 2.58 bits per heavy atom. The first-order valence-corrected chi connectivity index (χ1v) is 3.66. The molecular weight excluding hydrogens is 219 g/mol. The Labute approximate surface area is 89.7 Å². The van der Waals surface area contributed by atoms with Gasteiger partial charge in [0, 0.05) is 12.4 Å². The summed E-state index contributed by atoms with van der Waals surface area (Å²) >= 11 is 3.07. The maximum atomic E-state index is 10.1. The van der Waals surface area contributed by atoms with Crippen molar-refractivity contribution in [2.75, 3.05) is 0 Å². The van der Waals surface area contributed by atoms with Crippen molar-refractivity contribution in [3.63, 3.8) is 0 Å². The van der Waals surface area contributed by atoms with Crippen LogP contribution in [-0.4, -0.2) is 16.2 Å². The molecule has 0 radical (unpaired) electrons. The van der Waals surface area contributed by atoms with Gasteiger partial charge in [-0.2, -0.15) is 5.10 Å². The summed E-state index contributed by atoms with van der Waals surface area (Å²) in [6, 6.07) is 3.21. The van der Waals surface area contributed by atoms with Crippen LogP contribution in [0.25, 0.3) is 0 Å². The van der Waals surface area contributed by atoms with Gasteiger partial charge in [-0.15, -0.1) is 5.10 Å². The largest absolute Gasteiger partial charge is 1.00 e. The molecule has 1 heterocycles. The van der Waals surface area contributed by atoms with Gasteiger partial charge in [-0.1, -0.05) is 0 Å². The summed E-state index contributed by atoms with van der Waals surface area (Å²) in [5.41, 5.74) is 0.396. The summed E-state index contributed by atoms with van der Waals surface area (Å²) < 4.78 is 0.583. The molecule has 1 rings (SSSR count). The SMILES string of the molecule is O=C([O-])Cc1ccc(Br)nn1.[Li+]. The maximum absolute atomic E-state index is 10.1. The molecule has 58 valence electrons. The van der Waals surface area contributed by atoms with Crippen LogP contribution < -0.4 is 24.0 Å². The number of rotatable bonds is 2.